The van der Waals surface area contributed by atoms with E-state index in [1.807, 2.05) is 11.5 Å². The summed E-state index contributed by atoms with van der Waals surface area (Å²) < 4.78 is 2.05. The van der Waals surface area contributed by atoms with Crippen molar-refractivity contribution >= 4 is 35.3 Å². The number of hydrogen-bond donors (Lipinski definition) is 1. The Balaban J connectivity index is 1.86. The Hall–Kier alpha value is -3.04. The number of urea groups is 1. The average molecular weight is 403 g/mol. The number of rotatable bonds is 4. The first-order valence-corrected chi connectivity index (χ1v) is 9.82. The van der Waals surface area contributed by atoms with Crippen molar-refractivity contribution in [1.29, 1.82) is 0 Å². The normalized spacial score (nSPS) is 22.0. The minimum Gasteiger partial charge on any atom is -0.355 e. The predicted octanol–water partition coefficient (Wildman–Crippen LogP) is -0.736. The van der Waals surface area contributed by atoms with Crippen LogP contribution < -0.4 is 5.32 Å². The van der Waals surface area contributed by atoms with Gasteiger partial charge < -0.3 is 10.2 Å². The van der Waals surface area contributed by atoms with E-state index in [0.29, 0.717) is 38.6 Å². The second-order valence-corrected chi connectivity index (χ2v) is 7.27. The summed E-state index contributed by atoms with van der Waals surface area (Å²) >= 11 is 0. The molecule has 0 aliphatic carbocycles. The molecule has 29 heavy (non-hydrogen) atoms. The maximum atomic E-state index is 13.2. The lowest BCUT2D eigenvalue weighted by molar-refractivity contribution is -0.538. The van der Waals surface area contributed by atoms with Crippen LogP contribution in [0.5, 0.6) is 0 Å². The Morgan fingerprint density at radius 2 is 1.97 bits per heavy atom. The maximum Gasteiger partial charge on any atom is 0.332 e. The van der Waals surface area contributed by atoms with Gasteiger partial charge >= 0.3 is 6.03 Å². The molecule has 2 fully saturated rings. The summed E-state index contributed by atoms with van der Waals surface area (Å²) in [6.45, 7) is 5.95. The molecule has 10 nitrogen and oxygen atoms in total. The van der Waals surface area contributed by atoms with Gasteiger partial charge in [0.15, 0.2) is 24.7 Å². The Morgan fingerprint density at radius 1 is 1.28 bits per heavy atom. The van der Waals surface area contributed by atoms with Crippen LogP contribution in [0, 0.1) is 5.92 Å². The highest BCUT2D eigenvalue weighted by atomic mass is 16.2. The van der Waals surface area contributed by atoms with Crippen LogP contribution in [0.1, 0.15) is 20.3 Å². The van der Waals surface area contributed by atoms with Gasteiger partial charge in [0.2, 0.25) is 11.8 Å². The number of aliphatic imine (C=N–C) groups is 1. The monoisotopic (exact) mass is 403 g/mol. The number of amidine groups is 1. The number of carbonyl (C=O) groups is 4. The zero-order valence-electron chi connectivity index (χ0n) is 17.1. The standard InChI is InChI=1S/C19H26N6O4/c1-4-6-20-15(27)12-25-18(28)16-14(5-7-21-17(16)22(3)19(25)29)24-10-8-23(9-11-24)13(2)26/h5,7,16H,4,6,8-12H2,1-3H3/p+1. The molecule has 10 heteroatoms. The second kappa shape index (κ2) is 8.54. The lowest BCUT2D eigenvalue weighted by atomic mass is 9.94. The molecule has 0 bridgehead atoms. The van der Waals surface area contributed by atoms with Gasteiger partial charge in [-0.15, -0.1) is 0 Å². The van der Waals surface area contributed by atoms with E-state index in [1.54, 1.807) is 31.1 Å². The first-order chi connectivity index (χ1) is 13.8. The van der Waals surface area contributed by atoms with Crippen LogP contribution in [0.4, 0.5) is 4.79 Å². The summed E-state index contributed by atoms with van der Waals surface area (Å²) in [6, 6.07) is -0.562. The highest BCUT2D eigenvalue weighted by Gasteiger charge is 2.49. The molecule has 0 aromatic rings. The first-order valence-electron chi connectivity index (χ1n) is 9.82. The molecule has 5 amide bonds. The highest BCUT2D eigenvalue weighted by molar-refractivity contribution is 6.31. The summed E-state index contributed by atoms with van der Waals surface area (Å²) in [5, 5.41) is 2.70. The molecule has 3 aliphatic rings. The van der Waals surface area contributed by atoms with Crippen molar-refractivity contribution in [1.82, 2.24) is 20.0 Å². The maximum absolute atomic E-state index is 13.2. The number of fused-ring (bicyclic) bond motifs is 1. The van der Waals surface area contributed by atoms with Crippen molar-refractivity contribution in [3.8, 4) is 0 Å². The molecule has 156 valence electrons. The quantitative estimate of drug-likeness (QED) is 0.625. The van der Waals surface area contributed by atoms with Gasteiger partial charge in [-0.05, 0) is 6.42 Å². The SMILES string of the molecule is CCCNC(=O)CN1C(=O)C2C(=NC=CC2=[N+]2CCN(C(C)=O)CC2)N(C)C1=O. The number of carbonyl (C=O) groups excluding carboxylic acids is 4. The minimum atomic E-state index is -0.745. The molecule has 0 spiro atoms. The second-order valence-electron chi connectivity index (χ2n) is 7.27. The van der Waals surface area contributed by atoms with Crippen LogP contribution >= 0.6 is 0 Å². The fourth-order valence-corrected chi connectivity index (χ4v) is 3.72. The van der Waals surface area contributed by atoms with Crippen molar-refractivity contribution in [2.24, 2.45) is 10.9 Å². The predicted molar refractivity (Wildman–Crippen MR) is 105 cm³/mol. The highest BCUT2D eigenvalue weighted by Crippen LogP contribution is 2.23. The number of nitrogens with one attached hydrogen (secondary N) is 1. The fraction of sp³-hybridized carbons (Fsp3) is 0.579. The average Bonchev–Trinajstić information content (AvgIpc) is 2.73. The summed E-state index contributed by atoms with van der Waals surface area (Å²) in [7, 11) is 1.56. The molecule has 3 heterocycles. The molecule has 0 saturated carbocycles. The van der Waals surface area contributed by atoms with Crippen LogP contribution in [0.2, 0.25) is 0 Å². The van der Waals surface area contributed by atoms with E-state index in [9.17, 15) is 19.2 Å². The molecule has 0 radical (unpaired) electrons. The van der Waals surface area contributed by atoms with E-state index >= 15 is 0 Å². The van der Waals surface area contributed by atoms with Gasteiger partial charge in [0.25, 0.3) is 5.91 Å². The molecular formula is C19H27N6O4+. The lowest BCUT2D eigenvalue weighted by Crippen LogP contribution is -2.63. The van der Waals surface area contributed by atoms with Gasteiger partial charge in [-0.2, -0.15) is 0 Å². The van der Waals surface area contributed by atoms with E-state index in [4.69, 9.17) is 0 Å². The van der Waals surface area contributed by atoms with E-state index in [2.05, 4.69) is 10.3 Å². The van der Waals surface area contributed by atoms with Gasteiger partial charge in [-0.3, -0.25) is 24.2 Å². The number of hydrogen-bond acceptors (Lipinski definition) is 5. The van der Waals surface area contributed by atoms with E-state index < -0.39 is 17.9 Å². The number of nitrogens with zero attached hydrogens (tertiary/aromatic N) is 5. The Kier molecular flexibility index (Phi) is 6.09. The third-order valence-corrected chi connectivity index (χ3v) is 5.34. The van der Waals surface area contributed by atoms with Crippen LogP contribution in [0.15, 0.2) is 17.3 Å². The molecular weight excluding hydrogens is 376 g/mol. The fourth-order valence-electron chi connectivity index (χ4n) is 3.72. The van der Waals surface area contributed by atoms with Gasteiger partial charge in [0.05, 0.1) is 13.1 Å². The summed E-state index contributed by atoms with van der Waals surface area (Å²) in [5.41, 5.74) is 0.738. The molecule has 2 saturated heterocycles. The van der Waals surface area contributed by atoms with Gasteiger partial charge in [-0.1, -0.05) is 6.92 Å². The van der Waals surface area contributed by atoms with Gasteiger partial charge in [0, 0.05) is 32.8 Å². The molecule has 3 rings (SSSR count). The molecule has 1 N–H and O–H groups in total. The molecule has 1 unspecified atom stereocenters. The van der Waals surface area contributed by atoms with Crippen LogP contribution in [-0.2, 0) is 14.4 Å². The first kappa shape index (κ1) is 20.7. The van der Waals surface area contributed by atoms with Crippen LogP contribution in [0.3, 0.4) is 0 Å². The van der Waals surface area contributed by atoms with Crippen LogP contribution in [-0.4, -0.2) is 101 Å². The Morgan fingerprint density at radius 3 is 2.59 bits per heavy atom. The van der Waals surface area contributed by atoms with Crippen molar-refractivity contribution in [2.75, 3.05) is 46.3 Å². The van der Waals surface area contributed by atoms with Crippen molar-refractivity contribution < 1.29 is 23.8 Å². The zero-order chi connectivity index (χ0) is 21.1. The molecule has 1 atom stereocenters. The number of imide groups is 1. The van der Waals surface area contributed by atoms with Gasteiger partial charge in [0.1, 0.15) is 12.4 Å². The topological polar surface area (TPSA) is 105 Å². The summed E-state index contributed by atoms with van der Waals surface area (Å²) in [5.74, 6) is -1.18. The van der Waals surface area contributed by atoms with E-state index in [0.717, 1.165) is 17.0 Å². The smallest absolute Gasteiger partial charge is 0.332 e. The molecule has 3 aliphatic heterocycles. The number of piperazine rings is 1. The third-order valence-electron chi connectivity index (χ3n) is 5.34. The number of allylic oxidation sites excluding steroid dienone is 1. The Bertz CT molecular complexity index is 821. The van der Waals surface area contributed by atoms with Crippen molar-refractivity contribution in [3.63, 3.8) is 0 Å². The third kappa shape index (κ3) is 4.06. The molecule has 0 aromatic carbocycles. The van der Waals surface area contributed by atoms with Crippen LogP contribution in [0.25, 0.3) is 0 Å². The van der Waals surface area contributed by atoms with Crippen molar-refractivity contribution in [2.45, 2.75) is 20.3 Å². The number of amides is 5. The van der Waals surface area contributed by atoms with E-state index in [1.165, 1.54) is 4.90 Å². The lowest BCUT2D eigenvalue weighted by Gasteiger charge is -2.37. The Labute approximate surface area is 169 Å². The van der Waals surface area contributed by atoms with E-state index in [-0.39, 0.29) is 18.4 Å². The largest absolute Gasteiger partial charge is 0.355 e. The zero-order valence-corrected chi connectivity index (χ0v) is 17.1. The summed E-state index contributed by atoms with van der Waals surface area (Å²) in [4.78, 5) is 58.0. The summed E-state index contributed by atoms with van der Waals surface area (Å²) in [6.07, 6.45) is 4.12. The molecule has 0 aromatic heterocycles. The van der Waals surface area contributed by atoms with Gasteiger partial charge in [-0.25, -0.2) is 14.4 Å². The van der Waals surface area contributed by atoms with Crippen molar-refractivity contribution in [3.05, 3.63) is 12.3 Å². The minimum absolute atomic E-state index is 0.0272.